The molecule has 2 N–H and O–H groups in total. The van der Waals surface area contributed by atoms with Crippen LogP contribution in [0.1, 0.15) is 22.3 Å². The van der Waals surface area contributed by atoms with Crippen LogP contribution in [-0.2, 0) is 33.6 Å². The molecule has 3 aromatic carbocycles. The molecule has 1 atom stereocenters. The molecule has 0 aliphatic rings. The van der Waals surface area contributed by atoms with E-state index in [4.69, 9.17) is 4.74 Å². The van der Waals surface area contributed by atoms with Crippen molar-refractivity contribution in [3.63, 3.8) is 0 Å². The first-order chi connectivity index (χ1) is 17.6. The molecule has 0 saturated carbocycles. The Bertz CT molecular complexity index is 1380. The SMILES string of the molecule is COc1ccc(S(=O)(=O)N[C@@H](Cc2ccccc2)C(=O)Nc2cc(C(F)(F)F)cc(C(F)(F)F)c2)cc1C. The van der Waals surface area contributed by atoms with Crippen LogP contribution in [0.5, 0.6) is 5.75 Å². The minimum Gasteiger partial charge on any atom is -0.496 e. The summed E-state index contributed by atoms with van der Waals surface area (Å²) >= 11 is 0. The van der Waals surface area contributed by atoms with E-state index in [-0.39, 0.29) is 17.4 Å². The first-order valence-electron chi connectivity index (χ1n) is 10.9. The summed E-state index contributed by atoms with van der Waals surface area (Å²) in [5.41, 5.74) is -3.09. The molecule has 3 rings (SSSR count). The second kappa shape index (κ2) is 11.0. The van der Waals surface area contributed by atoms with Gasteiger partial charge in [-0.05, 0) is 60.9 Å². The fourth-order valence-corrected chi connectivity index (χ4v) is 4.85. The van der Waals surface area contributed by atoms with Crippen molar-refractivity contribution in [1.29, 1.82) is 0 Å². The standard InChI is InChI=1S/C25H22F6N2O4S/c1-15-10-20(8-9-22(15)37-2)38(35,36)33-21(11-16-6-4-3-5-7-16)23(34)32-19-13-17(24(26,27)28)12-18(14-19)25(29,30)31/h3-10,12-14,21,33H,11H2,1-2H3,(H,32,34)/t21-/m0/s1. The molecule has 0 radical (unpaired) electrons. The molecule has 13 heteroatoms. The topological polar surface area (TPSA) is 84.5 Å². The third-order valence-corrected chi connectivity index (χ3v) is 6.90. The molecule has 0 unspecified atom stereocenters. The zero-order valence-corrected chi connectivity index (χ0v) is 20.8. The minimum absolute atomic E-state index is 0.0776. The number of aryl methyl sites for hydroxylation is 1. The van der Waals surface area contributed by atoms with E-state index >= 15 is 0 Å². The molecule has 0 saturated heterocycles. The Morgan fingerprint density at radius 2 is 1.47 bits per heavy atom. The molecule has 0 fully saturated rings. The number of sulfonamides is 1. The fraction of sp³-hybridized carbons (Fsp3) is 0.240. The lowest BCUT2D eigenvalue weighted by Crippen LogP contribution is -2.45. The highest BCUT2D eigenvalue weighted by atomic mass is 32.2. The first kappa shape index (κ1) is 29.0. The van der Waals surface area contributed by atoms with Crippen molar-refractivity contribution in [2.75, 3.05) is 12.4 Å². The molecule has 3 aromatic rings. The van der Waals surface area contributed by atoms with Crippen LogP contribution in [0.2, 0.25) is 0 Å². The van der Waals surface area contributed by atoms with Crippen molar-refractivity contribution in [2.24, 2.45) is 0 Å². The molecule has 0 bridgehead atoms. The van der Waals surface area contributed by atoms with Gasteiger partial charge in [-0.25, -0.2) is 8.42 Å². The van der Waals surface area contributed by atoms with Crippen molar-refractivity contribution in [3.05, 3.63) is 89.0 Å². The van der Waals surface area contributed by atoms with Gasteiger partial charge in [-0.15, -0.1) is 0 Å². The number of hydrogen-bond acceptors (Lipinski definition) is 4. The van der Waals surface area contributed by atoms with Gasteiger partial charge in [-0.2, -0.15) is 31.1 Å². The van der Waals surface area contributed by atoms with E-state index in [1.807, 2.05) is 5.32 Å². The second-order valence-electron chi connectivity index (χ2n) is 8.28. The monoisotopic (exact) mass is 560 g/mol. The third kappa shape index (κ3) is 7.25. The van der Waals surface area contributed by atoms with E-state index in [1.165, 1.54) is 25.3 Å². The van der Waals surface area contributed by atoms with Gasteiger partial charge in [-0.3, -0.25) is 4.79 Å². The third-order valence-electron chi connectivity index (χ3n) is 5.43. The van der Waals surface area contributed by atoms with Crippen LogP contribution in [0, 0.1) is 6.92 Å². The van der Waals surface area contributed by atoms with Crippen LogP contribution >= 0.6 is 0 Å². The summed E-state index contributed by atoms with van der Waals surface area (Å²) in [7, 11) is -2.96. The van der Waals surface area contributed by atoms with E-state index < -0.39 is 51.1 Å². The van der Waals surface area contributed by atoms with Gasteiger partial charge >= 0.3 is 12.4 Å². The Balaban J connectivity index is 1.98. The molecular formula is C25H22F6N2O4S. The van der Waals surface area contributed by atoms with E-state index in [9.17, 15) is 39.6 Å². The highest BCUT2D eigenvalue weighted by molar-refractivity contribution is 7.89. The first-order valence-corrected chi connectivity index (χ1v) is 12.4. The number of halogens is 6. The fourth-order valence-electron chi connectivity index (χ4n) is 3.57. The van der Waals surface area contributed by atoms with Gasteiger partial charge in [-0.1, -0.05) is 30.3 Å². The maximum atomic E-state index is 13.2. The summed E-state index contributed by atoms with van der Waals surface area (Å²) in [4.78, 5) is 12.9. The number of ether oxygens (including phenoxy) is 1. The molecule has 0 heterocycles. The van der Waals surface area contributed by atoms with Gasteiger partial charge in [0, 0.05) is 5.69 Å². The summed E-state index contributed by atoms with van der Waals surface area (Å²) in [5.74, 6) is -0.748. The number of alkyl halides is 6. The zero-order valence-electron chi connectivity index (χ0n) is 19.9. The van der Waals surface area contributed by atoms with Crippen molar-refractivity contribution >= 4 is 21.6 Å². The highest BCUT2D eigenvalue weighted by Gasteiger charge is 2.37. The van der Waals surface area contributed by atoms with Gasteiger partial charge in [0.05, 0.1) is 23.1 Å². The molecule has 1 amide bonds. The molecule has 0 aliphatic carbocycles. The molecular weight excluding hydrogens is 538 g/mol. The van der Waals surface area contributed by atoms with Crippen LogP contribution in [0.15, 0.2) is 71.6 Å². The largest absolute Gasteiger partial charge is 0.496 e. The summed E-state index contributed by atoms with van der Waals surface area (Å²) in [6.07, 6.45) is -10.5. The van der Waals surface area contributed by atoms with Gasteiger partial charge in [0.25, 0.3) is 0 Å². The number of carbonyl (C=O) groups excluding carboxylic acids is 1. The van der Waals surface area contributed by atoms with Crippen LogP contribution in [0.3, 0.4) is 0 Å². The Kier molecular flexibility index (Phi) is 8.42. The van der Waals surface area contributed by atoms with Crippen LogP contribution in [0.4, 0.5) is 32.0 Å². The summed E-state index contributed by atoms with van der Waals surface area (Å²) in [6, 6.07) is 11.0. The maximum Gasteiger partial charge on any atom is 0.416 e. The minimum atomic E-state index is -5.13. The van der Waals surface area contributed by atoms with Crippen LogP contribution < -0.4 is 14.8 Å². The van der Waals surface area contributed by atoms with Crippen molar-refractivity contribution in [3.8, 4) is 5.75 Å². The number of anilines is 1. The predicted molar refractivity (Wildman–Crippen MR) is 127 cm³/mol. The lowest BCUT2D eigenvalue weighted by molar-refractivity contribution is -0.143. The summed E-state index contributed by atoms with van der Waals surface area (Å²) in [6.45, 7) is 1.60. The molecule has 204 valence electrons. The number of hydrogen-bond donors (Lipinski definition) is 2. The zero-order chi connectivity index (χ0) is 28.3. The van der Waals surface area contributed by atoms with E-state index in [0.29, 0.717) is 29.0 Å². The lowest BCUT2D eigenvalue weighted by atomic mass is 10.1. The number of benzene rings is 3. The molecule has 6 nitrogen and oxygen atoms in total. The maximum absolute atomic E-state index is 13.2. The smallest absolute Gasteiger partial charge is 0.416 e. The Labute approximate surface area is 214 Å². The number of carbonyl (C=O) groups is 1. The summed E-state index contributed by atoms with van der Waals surface area (Å²) < 4.78 is 113. The van der Waals surface area contributed by atoms with E-state index in [2.05, 4.69) is 4.72 Å². The van der Waals surface area contributed by atoms with Gasteiger partial charge in [0.2, 0.25) is 15.9 Å². The van der Waals surface area contributed by atoms with Crippen molar-refractivity contribution in [1.82, 2.24) is 4.72 Å². The average Bonchev–Trinajstić information content (AvgIpc) is 2.82. The molecule has 0 aromatic heterocycles. The Morgan fingerprint density at radius 1 is 0.895 bits per heavy atom. The summed E-state index contributed by atoms with van der Waals surface area (Å²) in [5, 5.41) is 2.01. The van der Waals surface area contributed by atoms with Gasteiger partial charge in [0.1, 0.15) is 11.8 Å². The number of rotatable bonds is 8. The molecule has 0 aliphatic heterocycles. The Morgan fingerprint density at radius 3 is 1.97 bits per heavy atom. The quantitative estimate of drug-likeness (QED) is 0.353. The van der Waals surface area contributed by atoms with Crippen molar-refractivity contribution in [2.45, 2.75) is 36.6 Å². The van der Waals surface area contributed by atoms with E-state index in [1.54, 1.807) is 37.3 Å². The van der Waals surface area contributed by atoms with E-state index in [0.717, 1.165) is 0 Å². The van der Waals surface area contributed by atoms with Gasteiger partial charge in [0.15, 0.2) is 0 Å². The highest BCUT2D eigenvalue weighted by Crippen LogP contribution is 2.37. The van der Waals surface area contributed by atoms with Crippen LogP contribution in [-0.4, -0.2) is 27.5 Å². The molecule has 0 spiro atoms. The van der Waals surface area contributed by atoms with Crippen LogP contribution in [0.25, 0.3) is 0 Å². The normalized spacial score (nSPS) is 13.2. The number of nitrogens with one attached hydrogen (secondary N) is 2. The molecule has 38 heavy (non-hydrogen) atoms. The lowest BCUT2D eigenvalue weighted by Gasteiger charge is -2.20. The second-order valence-corrected chi connectivity index (χ2v) is 9.99. The predicted octanol–water partition coefficient (Wildman–Crippen LogP) is 5.57. The number of methoxy groups -OCH3 is 1. The number of amides is 1. The van der Waals surface area contributed by atoms with Gasteiger partial charge < -0.3 is 10.1 Å². The Hall–Kier alpha value is -3.58. The average molecular weight is 561 g/mol. The van der Waals surface area contributed by atoms with Crippen molar-refractivity contribution < 1.29 is 44.3 Å².